The van der Waals surface area contributed by atoms with Gasteiger partial charge in [-0.05, 0) is 25.0 Å². The maximum absolute atomic E-state index is 5.70. The molecule has 1 spiro atoms. The van der Waals surface area contributed by atoms with Gasteiger partial charge in [0.25, 0.3) is 0 Å². The van der Waals surface area contributed by atoms with E-state index in [9.17, 15) is 0 Å². The summed E-state index contributed by atoms with van der Waals surface area (Å²) in [6, 6.07) is 0. The smallest absolute Gasteiger partial charge is 0.170 e. The van der Waals surface area contributed by atoms with Gasteiger partial charge in [0.15, 0.2) is 5.79 Å². The van der Waals surface area contributed by atoms with Gasteiger partial charge in [-0.1, -0.05) is 0 Å². The number of piperidine rings is 1. The molecular formula is C11H21NO2S. The first-order valence-corrected chi connectivity index (χ1v) is 7.23. The second kappa shape index (κ2) is 5.53. The lowest BCUT2D eigenvalue weighted by atomic mass is 10.0. The molecular weight excluding hydrogens is 210 g/mol. The van der Waals surface area contributed by atoms with E-state index < -0.39 is 0 Å². The lowest BCUT2D eigenvalue weighted by Gasteiger charge is -2.37. The average Bonchev–Trinajstić information content (AvgIpc) is 2.71. The summed E-state index contributed by atoms with van der Waals surface area (Å²) in [5.41, 5.74) is 0. The molecule has 2 fully saturated rings. The standard InChI is InChI=1S/C11H21NO2S/c1-15-10-2-5-12-6-3-11(4-7-12)13-8-9-14-11/h2-10H2,1H3. The van der Waals surface area contributed by atoms with E-state index in [2.05, 4.69) is 11.2 Å². The molecule has 2 heterocycles. The Kier molecular flexibility index (Phi) is 4.31. The van der Waals surface area contributed by atoms with Gasteiger partial charge in [0.1, 0.15) is 0 Å². The van der Waals surface area contributed by atoms with E-state index in [1.165, 1.54) is 18.7 Å². The zero-order valence-electron chi connectivity index (χ0n) is 9.54. The highest BCUT2D eigenvalue weighted by Crippen LogP contribution is 2.31. The molecule has 0 unspecified atom stereocenters. The normalized spacial score (nSPS) is 26.2. The Morgan fingerprint density at radius 1 is 1.20 bits per heavy atom. The number of hydrogen-bond donors (Lipinski definition) is 0. The third-order valence-electron chi connectivity index (χ3n) is 3.25. The van der Waals surface area contributed by atoms with Crippen LogP contribution < -0.4 is 0 Å². The van der Waals surface area contributed by atoms with E-state index in [0.717, 1.165) is 39.1 Å². The van der Waals surface area contributed by atoms with Crippen LogP contribution in [0.4, 0.5) is 0 Å². The molecule has 0 saturated carbocycles. The number of hydrogen-bond acceptors (Lipinski definition) is 4. The van der Waals surface area contributed by atoms with Gasteiger partial charge in [0.2, 0.25) is 0 Å². The molecule has 3 nitrogen and oxygen atoms in total. The lowest BCUT2D eigenvalue weighted by Crippen LogP contribution is -2.45. The molecule has 0 aromatic heterocycles. The second-order valence-electron chi connectivity index (χ2n) is 4.30. The van der Waals surface area contributed by atoms with Crippen LogP contribution in [-0.2, 0) is 9.47 Å². The molecule has 0 aromatic carbocycles. The van der Waals surface area contributed by atoms with Gasteiger partial charge in [-0.3, -0.25) is 0 Å². The maximum atomic E-state index is 5.70. The first-order valence-electron chi connectivity index (χ1n) is 5.84. The molecule has 2 aliphatic rings. The van der Waals surface area contributed by atoms with E-state index in [1.807, 2.05) is 11.8 Å². The van der Waals surface area contributed by atoms with Gasteiger partial charge < -0.3 is 14.4 Å². The molecule has 2 aliphatic heterocycles. The van der Waals surface area contributed by atoms with Gasteiger partial charge in [-0.15, -0.1) is 0 Å². The number of rotatable bonds is 4. The number of nitrogens with zero attached hydrogens (tertiary/aromatic N) is 1. The van der Waals surface area contributed by atoms with Gasteiger partial charge in [0.05, 0.1) is 13.2 Å². The molecule has 0 radical (unpaired) electrons. The highest BCUT2D eigenvalue weighted by Gasteiger charge is 2.39. The van der Waals surface area contributed by atoms with Crippen LogP contribution in [0.5, 0.6) is 0 Å². The zero-order chi connectivity index (χ0) is 10.6. The fraction of sp³-hybridized carbons (Fsp3) is 1.00. The van der Waals surface area contributed by atoms with Crippen LogP contribution in [0.1, 0.15) is 19.3 Å². The van der Waals surface area contributed by atoms with Crippen LogP contribution in [0.2, 0.25) is 0 Å². The van der Waals surface area contributed by atoms with Crippen molar-refractivity contribution in [3.8, 4) is 0 Å². The van der Waals surface area contributed by atoms with Crippen LogP contribution >= 0.6 is 11.8 Å². The first kappa shape index (κ1) is 11.7. The van der Waals surface area contributed by atoms with E-state index >= 15 is 0 Å². The average molecular weight is 231 g/mol. The first-order chi connectivity index (χ1) is 7.35. The third-order valence-corrected chi connectivity index (χ3v) is 3.95. The van der Waals surface area contributed by atoms with Crippen molar-refractivity contribution in [2.45, 2.75) is 25.0 Å². The number of thioether (sulfide) groups is 1. The summed E-state index contributed by atoms with van der Waals surface area (Å²) < 4.78 is 11.4. The molecule has 88 valence electrons. The lowest BCUT2D eigenvalue weighted by molar-refractivity contribution is -0.185. The van der Waals surface area contributed by atoms with Crippen molar-refractivity contribution < 1.29 is 9.47 Å². The quantitative estimate of drug-likeness (QED) is 0.685. The Balaban J connectivity index is 1.67. The molecule has 0 amide bonds. The van der Waals surface area contributed by atoms with E-state index in [4.69, 9.17) is 9.47 Å². The summed E-state index contributed by atoms with van der Waals surface area (Å²) in [5, 5.41) is 0. The summed E-state index contributed by atoms with van der Waals surface area (Å²) in [4.78, 5) is 2.53. The maximum Gasteiger partial charge on any atom is 0.170 e. The fourth-order valence-corrected chi connectivity index (χ4v) is 2.75. The minimum atomic E-state index is -0.198. The molecule has 0 aliphatic carbocycles. The van der Waals surface area contributed by atoms with Crippen molar-refractivity contribution in [3.63, 3.8) is 0 Å². The SMILES string of the molecule is CSCCCN1CCC2(CC1)OCCO2. The van der Waals surface area contributed by atoms with Crippen LogP contribution in [0.25, 0.3) is 0 Å². The third kappa shape index (κ3) is 3.09. The van der Waals surface area contributed by atoms with Crippen molar-refractivity contribution in [1.29, 1.82) is 0 Å². The molecule has 2 saturated heterocycles. The molecule has 0 aromatic rings. The fourth-order valence-electron chi connectivity index (χ4n) is 2.34. The van der Waals surface area contributed by atoms with Gasteiger partial charge >= 0.3 is 0 Å². The summed E-state index contributed by atoms with van der Waals surface area (Å²) >= 11 is 1.93. The van der Waals surface area contributed by atoms with E-state index in [-0.39, 0.29) is 5.79 Å². The van der Waals surface area contributed by atoms with Gasteiger partial charge in [-0.25, -0.2) is 0 Å². The van der Waals surface area contributed by atoms with Crippen LogP contribution in [0.15, 0.2) is 0 Å². The summed E-state index contributed by atoms with van der Waals surface area (Å²) in [7, 11) is 0. The highest BCUT2D eigenvalue weighted by molar-refractivity contribution is 7.98. The van der Waals surface area contributed by atoms with Crippen molar-refractivity contribution in [2.24, 2.45) is 0 Å². The Labute approximate surface area is 96.5 Å². The van der Waals surface area contributed by atoms with Crippen molar-refractivity contribution in [1.82, 2.24) is 4.90 Å². The zero-order valence-corrected chi connectivity index (χ0v) is 10.4. The van der Waals surface area contributed by atoms with Crippen LogP contribution in [0.3, 0.4) is 0 Å². The van der Waals surface area contributed by atoms with Crippen molar-refractivity contribution in [3.05, 3.63) is 0 Å². The van der Waals surface area contributed by atoms with E-state index in [1.54, 1.807) is 0 Å². The monoisotopic (exact) mass is 231 g/mol. The summed E-state index contributed by atoms with van der Waals surface area (Å²) in [5.74, 6) is 1.07. The molecule has 15 heavy (non-hydrogen) atoms. The van der Waals surface area contributed by atoms with Gasteiger partial charge in [0, 0.05) is 25.9 Å². The minimum Gasteiger partial charge on any atom is -0.347 e. The summed E-state index contributed by atoms with van der Waals surface area (Å²) in [6.45, 7) is 5.07. The predicted molar refractivity (Wildman–Crippen MR) is 63.3 cm³/mol. The molecule has 2 rings (SSSR count). The highest BCUT2D eigenvalue weighted by atomic mass is 32.2. The molecule has 0 N–H and O–H groups in total. The predicted octanol–water partition coefficient (Wildman–Crippen LogP) is 1.58. The van der Waals surface area contributed by atoms with E-state index in [0.29, 0.717) is 0 Å². The van der Waals surface area contributed by atoms with Crippen LogP contribution in [0, 0.1) is 0 Å². The number of likely N-dealkylation sites (tertiary alicyclic amines) is 1. The Morgan fingerprint density at radius 2 is 1.87 bits per heavy atom. The molecule has 0 bridgehead atoms. The van der Waals surface area contributed by atoms with Crippen molar-refractivity contribution in [2.75, 3.05) is 44.9 Å². The van der Waals surface area contributed by atoms with Crippen LogP contribution in [-0.4, -0.2) is 55.5 Å². The largest absolute Gasteiger partial charge is 0.347 e. The molecule has 4 heteroatoms. The number of ether oxygens (including phenoxy) is 2. The van der Waals surface area contributed by atoms with Gasteiger partial charge in [-0.2, -0.15) is 11.8 Å². The minimum absolute atomic E-state index is 0.198. The molecule has 0 atom stereocenters. The topological polar surface area (TPSA) is 21.7 Å². The summed E-state index contributed by atoms with van der Waals surface area (Å²) in [6.07, 6.45) is 5.57. The Bertz CT molecular complexity index is 185. The van der Waals surface area contributed by atoms with Crippen molar-refractivity contribution >= 4 is 11.8 Å². The second-order valence-corrected chi connectivity index (χ2v) is 5.28. The Morgan fingerprint density at radius 3 is 2.47 bits per heavy atom. The Hall–Kier alpha value is 0.230.